The number of hydrogen-bond acceptors (Lipinski definition) is 2. The maximum absolute atomic E-state index is 12.7. The molecule has 0 bridgehead atoms. The Morgan fingerprint density at radius 3 is 2.53 bits per heavy atom. The Morgan fingerprint density at radius 1 is 1.42 bits per heavy atom. The molecule has 3 nitrogen and oxygen atoms in total. The molecule has 0 N–H and O–H groups in total. The Balaban J connectivity index is 2.73. The van der Waals surface area contributed by atoms with Gasteiger partial charge in [0.1, 0.15) is 6.54 Å². The van der Waals surface area contributed by atoms with Gasteiger partial charge in [-0.25, -0.2) is 0 Å². The minimum Gasteiger partial charge on any atom is -0.327 e. The Morgan fingerprint density at radius 2 is 2.05 bits per heavy atom. The molecule has 1 saturated carbocycles. The second-order valence-corrected chi connectivity index (χ2v) is 5.32. The van der Waals surface area contributed by atoms with Crippen LogP contribution in [0, 0.1) is 23.2 Å². The number of carbonyl (C=O) groups is 1. The number of amides is 1. The molecule has 1 rings (SSSR count). The average molecular weight is 276 g/mol. The predicted molar refractivity (Wildman–Crippen MR) is 64.0 cm³/mol. The van der Waals surface area contributed by atoms with Gasteiger partial charge in [0, 0.05) is 12.0 Å². The molecule has 0 radical (unpaired) electrons. The zero-order valence-corrected chi connectivity index (χ0v) is 11.2. The van der Waals surface area contributed by atoms with E-state index in [1.165, 1.54) is 4.90 Å². The first-order valence-electron chi connectivity index (χ1n) is 6.51. The van der Waals surface area contributed by atoms with E-state index in [0.29, 0.717) is 12.8 Å². The highest BCUT2D eigenvalue weighted by atomic mass is 19.4. The molecule has 19 heavy (non-hydrogen) atoms. The quantitative estimate of drug-likeness (QED) is 0.743. The van der Waals surface area contributed by atoms with Gasteiger partial charge in [0.05, 0.1) is 12.0 Å². The normalized spacial score (nSPS) is 24.1. The van der Waals surface area contributed by atoms with Crippen molar-refractivity contribution in [2.24, 2.45) is 11.8 Å². The van der Waals surface area contributed by atoms with Gasteiger partial charge < -0.3 is 4.90 Å². The highest BCUT2D eigenvalue weighted by molar-refractivity contribution is 5.79. The molecule has 0 aromatic carbocycles. The minimum atomic E-state index is -4.23. The van der Waals surface area contributed by atoms with Gasteiger partial charge in [0.15, 0.2) is 0 Å². The predicted octanol–water partition coefficient (Wildman–Crippen LogP) is 3.12. The van der Waals surface area contributed by atoms with Crippen LogP contribution in [0.25, 0.3) is 0 Å². The van der Waals surface area contributed by atoms with Crippen molar-refractivity contribution in [3.8, 4) is 6.07 Å². The van der Waals surface area contributed by atoms with Gasteiger partial charge in [-0.05, 0) is 33.1 Å². The van der Waals surface area contributed by atoms with Crippen molar-refractivity contribution < 1.29 is 18.0 Å². The standard InChI is InChI=1S/C13H19F3N2O/c1-9(2)18(7-6-17)12(19)10-4-3-5-11(8-10)13(14,15)16/h9-11H,3-5,7-8H2,1-2H3. The van der Waals surface area contributed by atoms with Crippen LogP contribution in [0.15, 0.2) is 0 Å². The van der Waals surface area contributed by atoms with E-state index in [0.717, 1.165) is 0 Å². The fourth-order valence-corrected chi connectivity index (χ4v) is 2.54. The summed E-state index contributed by atoms with van der Waals surface area (Å²) in [6.45, 7) is 3.46. The maximum atomic E-state index is 12.7. The molecule has 1 aliphatic carbocycles. The van der Waals surface area contributed by atoms with Crippen molar-refractivity contribution in [1.82, 2.24) is 4.90 Å². The van der Waals surface area contributed by atoms with Gasteiger partial charge >= 0.3 is 6.18 Å². The second-order valence-electron chi connectivity index (χ2n) is 5.32. The molecule has 2 atom stereocenters. The summed E-state index contributed by atoms with van der Waals surface area (Å²) in [5, 5.41) is 8.69. The van der Waals surface area contributed by atoms with Crippen LogP contribution in [0.4, 0.5) is 13.2 Å². The summed E-state index contributed by atoms with van der Waals surface area (Å²) in [6.07, 6.45) is -3.36. The SMILES string of the molecule is CC(C)N(CC#N)C(=O)C1CCCC(C(F)(F)F)C1. The summed E-state index contributed by atoms with van der Waals surface area (Å²) in [4.78, 5) is 13.6. The molecule has 0 heterocycles. The smallest absolute Gasteiger partial charge is 0.327 e. The lowest BCUT2D eigenvalue weighted by Gasteiger charge is -2.34. The zero-order chi connectivity index (χ0) is 14.6. The Hall–Kier alpha value is -1.25. The molecular formula is C13H19F3N2O. The number of hydrogen-bond donors (Lipinski definition) is 0. The summed E-state index contributed by atoms with van der Waals surface area (Å²) in [5.74, 6) is -2.30. The number of alkyl halides is 3. The molecule has 2 unspecified atom stereocenters. The average Bonchev–Trinajstić information content (AvgIpc) is 2.34. The van der Waals surface area contributed by atoms with Crippen molar-refractivity contribution >= 4 is 5.91 Å². The van der Waals surface area contributed by atoms with Gasteiger partial charge in [-0.15, -0.1) is 0 Å². The molecule has 0 saturated heterocycles. The molecule has 1 amide bonds. The molecule has 108 valence electrons. The summed E-state index contributed by atoms with van der Waals surface area (Å²) < 4.78 is 38.1. The highest BCUT2D eigenvalue weighted by Gasteiger charge is 2.44. The van der Waals surface area contributed by atoms with Gasteiger partial charge in [-0.2, -0.15) is 18.4 Å². The molecular weight excluding hydrogens is 257 g/mol. The molecule has 0 aliphatic heterocycles. The van der Waals surface area contributed by atoms with E-state index in [9.17, 15) is 18.0 Å². The summed E-state index contributed by atoms with van der Waals surface area (Å²) in [6, 6.07) is 1.73. The van der Waals surface area contributed by atoms with E-state index in [-0.39, 0.29) is 31.3 Å². The van der Waals surface area contributed by atoms with Gasteiger partial charge in [0.25, 0.3) is 0 Å². The number of nitriles is 1. The lowest BCUT2D eigenvalue weighted by atomic mass is 9.80. The Labute approximate surface area is 111 Å². The number of nitrogens with zero attached hydrogens (tertiary/aromatic N) is 2. The van der Waals surface area contributed by atoms with Crippen LogP contribution in [0.1, 0.15) is 39.5 Å². The fourth-order valence-electron chi connectivity index (χ4n) is 2.54. The van der Waals surface area contributed by atoms with Crippen LogP contribution in [-0.2, 0) is 4.79 Å². The van der Waals surface area contributed by atoms with Crippen LogP contribution >= 0.6 is 0 Å². The summed E-state index contributed by atoms with van der Waals surface area (Å²) >= 11 is 0. The monoisotopic (exact) mass is 276 g/mol. The summed E-state index contributed by atoms with van der Waals surface area (Å²) in [7, 11) is 0. The Kier molecular flexibility index (Phi) is 5.21. The van der Waals surface area contributed by atoms with Gasteiger partial charge in [-0.1, -0.05) is 6.42 Å². The number of carbonyl (C=O) groups excluding carboxylic acids is 1. The van der Waals surface area contributed by atoms with Crippen LogP contribution in [0.5, 0.6) is 0 Å². The van der Waals surface area contributed by atoms with E-state index in [4.69, 9.17) is 5.26 Å². The van der Waals surface area contributed by atoms with E-state index in [1.807, 2.05) is 6.07 Å². The number of rotatable bonds is 3. The third-order valence-electron chi connectivity index (χ3n) is 3.63. The Bertz CT molecular complexity index is 360. The lowest BCUT2D eigenvalue weighted by Crippen LogP contribution is -2.43. The largest absolute Gasteiger partial charge is 0.391 e. The van der Waals surface area contributed by atoms with E-state index in [1.54, 1.807) is 13.8 Å². The molecule has 1 fully saturated rings. The molecule has 0 aromatic rings. The first-order chi connectivity index (χ1) is 8.77. The van der Waals surface area contributed by atoms with Crippen LogP contribution in [0.2, 0.25) is 0 Å². The minimum absolute atomic E-state index is 0.0658. The first kappa shape index (κ1) is 15.8. The molecule has 6 heteroatoms. The lowest BCUT2D eigenvalue weighted by molar-refractivity contribution is -0.187. The van der Waals surface area contributed by atoms with Crippen LogP contribution < -0.4 is 0 Å². The number of halogens is 3. The van der Waals surface area contributed by atoms with Crippen molar-refractivity contribution in [2.45, 2.75) is 51.7 Å². The van der Waals surface area contributed by atoms with Crippen LogP contribution in [0.3, 0.4) is 0 Å². The van der Waals surface area contributed by atoms with Crippen molar-refractivity contribution in [3.63, 3.8) is 0 Å². The van der Waals surface area contributed by atoms with Gasteiger partial charge in [-0.3, -0.25) is 4.79 Å². The van der Waals surface area contributed by atoms with E-state index < -0.39 is 18.0 Å². The van der Waals surface area contributed by atoms with Crippen molar-refractivity contribution in [1.29, 1.82) is 5.26 Å². The zero-order valence-electron chi connectivity index (χ0n) is 11.2. The molecule has 1 aliphatic rings. The van der Waals surface area contributed by atoms with E-state index in [2.05, 4.69) is 0 Å². The topological polar surface area (TPSA) is 44.1 Å². The first-order valence-corrected chi connectivity index (χ1v) is 6.51. The van der Waals surface area contributed by atoms with Crippen molar-refractivity contribution in [3.05, 3.63) is 0 Å². The maximum Gasteiger partial charge on any atom is 0.391 e. The second kappa shape index (κ2) is 6.27. The van der Waals surface area contributed by atoms with Gasteiger partial charge in [0.2, 0.25) is 5.91 Å². The van der Waals surface area contributed by atoms with E-state index >= 15 is 0 Å². The third-order valence-corrected chi connectivity index (χ3v) is 3.63. The van der Waals surface area contributed by atoms with Crippen LogP contribution in [-0.4, -0.2) is 29.6 Å². The fraction of sp³-hybridized carbons (Fsp3) is 0.846. The third kappa shape index (κ3) is 4.12. The molecule has 0 spiro atoms. The summed E-state index contributed by atoms with van der Waals surface area (Å²) in [5.41, 5.74) is 0. The highest BCUT2D eigenvalue weighted by Crippen LogP contribution is 2.40. The van der Waals surface area contributed by atoms with Crippen molar-refractivity contribution in [2.75, 3.05) is 6.54 Å². The molecule has 0 aromatic heterocycles.